The molecule has 3 fully saturated rings. The highest BCUT2D eigenvalue weighted by molar-refractivity contribution is 5.82. The third-order valence-corrected chi connectivity index (χ3v) is 6.24. The topological polar surface area (TPSA) is 75.9 Å². The average molecular weight is 351 g/mol. The van der Waals surface area contributed by atoms with Crippen LogP contribution in [-0.4, -0.2) is 67.0 Å². The predicted molar refractivity (Wildman–Crippen MR) is 95.9 cm³/mol. The van der Waals surface area contributed by atoms with E-state index >= 15 is 0 Å². The first-order valence-electron chi connectivity index (χ1n) is 10.0. The van der Waals surface area contributed by atoms with Crippen molar-refractivity contribution in [2.45, 2.75) is 57.4 Å². The minimum absolute atomic E-state index is 0.0463. The lowest BCUT2D eigenvalue weighted by molar-refractivity contribution is -0.141. The lowest BCUT2D eigenvalue weighted by Gasteiger charge is -2.37. The molecule has 2 amide bonds. The summed E-state index contributed by atoms with van der Waals surface area (Å²) >= 11 is 0. The highest BCUT2D eigenvalue weighted by Crippen LogP contribution is 2.28. The quantitative estimate of drug-likeness (QED) is 0.812. The van der Waals surface area contributed by atoms with Gasteiger partial charge in [-0.15, -0.1) is 0 Å². The Morgan fingerprint density at radius 2 is 1.56 bits per heavy atom. The third-order valence-electron chi connectivity index (χ3n) is 6.24. The Morgan fingerprint density at radius 3 is 2.20 bits per heavy atom. The Bertz CT molecular complexity index is 451. The van der Waals surface area contributed by atoms with Gasteiger partial charge in [0.25, 0.3) is 0 Å². The Morgan fingerprint density at radius 1 is 0.960 bits per heavy atom. The molecule has 3 rings (SSSR count). The van der Waals surface area contributed by atoms with Crippen LogP contribution in [0.1, 0.15) is 51.4 Å². The minimum atomic E-state index is -0.423. The molecule has 2 N–H and O–H groups in total. The molecule has 0 aromatic carbocycles. The second kappa shape index (κ2) is 8.99. The molecule has 2 heterocycles. The van der Waals surface area contributed by atoms with Crippen LogP contribution in [0.2, 0.25) is 0 Å². The van der Waals surface area contributed by atoms with E-state index in [2.05, 4.69) is 0 Å². The Hall–Kier alpha value is -1.14. The summed E-state index contributed by atoms with van der Waals surface area (Å²) < 4.78 is 5.35. The van der Waals surface area contributed by atoms with Crippen molar-refractivity contribution in [1.82, 2.24) is 9.80 Å². The van der Waals surface area contributed by atoms with Crippen molar-refractivity contribution in [2.75, 3.05) is 39.4 Å². The van der Waals surface area contributed by atoms with E-state index in [4.69, 9.17) is 10.5 Å². The highest BCUT2D eigenvalue weighted by atomic mass is 16.5. The maximum atomic E-state index is 12.6. The van der Waals surface area contributed by atoms with E-state index in [1.54, 1.807) is 0 Å². The van der Waals surface area contributed by atoms with Gasteiger partial charge in [-0.3, -0.25) is 9.59 Å². The van der Waals surface area contributed by atoms with E-state index < -0.39 is 6.04 Å². The van der Waals surface area contributed by atoms with Crippen LogP contribution < -0.4 is 5.73 Å². The fourth-order valence-electron chi connectivity index (χ4n) is 4.45. The van der Waals surface area contributed by atoms with Gasteiger partial charge in [-0.05, 0) is 31.1 Å². The number of hydrogen-bond acceptors (Lipinski definition) is 4. The molecule has 1 unspecified atom stereocenters. The van der Waals surface area contributed by atoms with E-state index in [9.17, 15) is 9.59 Å². The van der Waals surface area contributed by atoms with E-state index in [1.165, 1.54) is 25.7 Å². The summed E-state index contributed by atoms with van der Waals surface area (Å²) in [4.78, 5) is 28.8. The van der Waals surface area contributed by atoms with E-state index in [0.717, 1.165) is 25.2 Å². The van der Waals surface area contributed by atoms with Crippen molar-refractivity contribution in [3.05, 3.63) is 0 Å². The van der Waals surface area contributed by atoms with E-state index in [0.29, 0.717) is 45.8 Å². The standard InChI is InChI=1S/C19H33N3O3/c20-18(16-7-13-25-14-8-16)19(24)22-11-9-21(10-12-22)17(23)6-5-15-3-1-2-4-15/h15-16,18H,1-14,20H2. The first-order chi connectivity index (χ1) is 12.1. The second-order valence-electron chi connectivity index (χ2n) is 7.87. The van der Waals surface area contributed by atoms with Crippen LogP contribution in [0.15, 0.2) is 0 Å². The summed E-state index contributed by atoms with van der Waals surface area (Å²) in [6.45, 7) is 3.94. The largest absolute Gasteiger partial charge is 0.381 e. The summed E-state index contributed by atoms with van der Waals surface area (Å²) in [6, 6.07) is -0.423. The molecule has 142 valence electrons. The molecular weight excluding hydrogens is 318 g/mol. The van der Waals surface area contributed by atoms with Crippen molar-refractivity contribution in [2.24, 2.45) is 17.6 Å². The van der Waals surface area contributed by atoms with Crippen molar-refractivity contribution in [3.63, 3.8) is 0 Å². The molecule has 6 heteroatoms. The summed E-state index contributed by atoms with van der Waals surface area (Å²) in [6.07, 6.45) is 8.67. The Kier molecular flexibility index (Phi) is 6.70. The van der Waals surface area contributed by atoms with Crippen molar-refractivity contribution in [3.8, 4) is 0 Å². The number of nitrogens with zero attached hydrogens (tertiary/aromatic N) is 2. The molecule has 3 aliphatic rings. The van der Waals surface area contributed by atoms with Crippen molar-refractivity contribution < 1.29 is 14.3 Å². The molecule has 0 bridgehead atoms. The molecule has 1 saturated carbocycles. The second-order valence-corrected chi connectivity index (χ2v) is 7.87. The molecule has 1 atom stereocenters. The number of carbonyl (C=O) groups is 2. The van der Waals surface area contributed by atoms with Gasteiger partial charge in [0.2, 0.25) is 11.8 Å². The van der Waals surface area contributed by atoms with Crippen LogP contribution in [-0.2, 0) is 14.3 Å². The van der Waals surface area contributed by atoms with Crippen molar-refractivity contribution in [1.29, 1.82) is 0 Å². The Labute approximate surface area is 151 Å². The van der Waals surface area contributed by atoms with Crippen LogP contribution in [0.4, 0.5) is 0 Å². The van der Waals surface area contributed by atoms with Crippen molar-refractivity contribution >= 4 is 11.8 Å². The van der Waals surface area contributed by atoms with Crippen LogP contribution in [0.3, 0.4) is 0 Å². The number of ether oxygens (including phenoxy) is 1. The van der Waals surface area contributed by atoms with Gasteiger partial charge in [0.15, 0.2) is 0 Å². The number of hydrogen-bond donors (Lipinski definition) is 1. The summed E-state index contributed by atoms with van der Waals surface area (Å²) in [7, 11) is 0. The van der Waals surface area contributed by atoms with Gasteiger partial charge in [0.1, 0.15) is 0 Å². The monoisotopic (exact) mass is 351 g/mol. The fraction of sp³-hybridized carbons (Fsp3) is 0.895. The van der Waals surface area contributed by atoms with Crippen LogP contribution in [0.5, 0.6) is 0 Å². The van der Waals surface area contributed by atoms with Gasteiger partial charge >= 0.3 is 0 Å². The smallest absolute Gasteiger partial charge is 0.239 e. The fourth-order valence-corrected chi connectivity index (χ4v) is 4.45. The third kappa shape index (κ3) is 4.94. The SMILES string of the molecule is NC(C(=O)N1CCN(C(=O)CCC2CCCC2)CC1)C1CCOCC1. The molecule has 2 aliphatic heterocycles. The molecule has 1 aliphatic carbocycles. The van der Waals surface area contributed by atoms with Gasteiger partial charge in [0.05, 0.1) is 6.04 Å². The highest BCUT2D eigenvalue weighted by Gasteiger charge is 2.32. The molecule has 25 heavy (non-hydrogen) atoms. The molecule has 0 aromatic heterocycles. The predicted octanol–water partition coefficient (Wildman–Crippen LogP) is 1.38. The van der Waals surface area contributed by atoms with Gasteiger partial charge in [-0.25, -0.2) is 0 Å². The van der Waals surface area contributed by atoms with Crippen LogP contribution >= 0.6 is 0 Å². The van der Waals surface area contributed by atoms with Gasteiger partial charge in [-0.1, -0.05) is 25.7 Å². The van der Waals surface area contributed by atoms with Crippen LogP contribution in [0.25, 0.3) is 0 Å². The zero-order valence-corrected chi connectivity index (χ0v) is 15.3. The van der Waals surface area contributed by atoms with Gasteiger partial charge < -0.3 is 20.3 Å². The molecule has 2 saturated heterocycles. The molecule has 0 radical (unpaired) electrons. The van der Waals surface area contributed by atoms with Crippen LogP contribution in [0, 0.1) is 11.8 Å². The summed E-state index contributed by atoms with van der Waals surface area (Å²) in [5, 5.41) is 0. The first-order valence-corrected chi connectivity index (χ1v) is 10.0. The lowest BCUT2D eigenvalue weighted by atomic mass is 9.91. The molecule has 6 nitrogen and oxygen atoms in total. The van der Waals surface area contributed by atoms with Gasteiger partial charge in [-0.2, -0.15) is 0 Å². The number of carbonyl (C=O) groups excluding carboxylic acids is 2. The maximum Gasteiger partial charge on any atom is 0.239 e. The number of piperazine rings is 1. The minimum Gasteiger partial charge on any atom is -0.381 e. The average Bonchev–Trinajstić information content (AvgIpc) is 3.19. The molecule has 0 aromatic rings. The number of rotatable bonds is 5. The normalized spacial score (nSPS) is 24.5. The Balaban J connectivity index is 1.39. The molecule has 0 spiro atoms. The first kappa shape index (κ1) is 18.6. The summed E-state index contributed by atoms with van der Waals surface area (Å²) in [5.74, 6) is 1.29. The number of amides is 2. The zero-order valence-electron chi connectivity index (χ0n) is 15.3. The van der Waals surface area contributed by atoms with E-state index in [1.807, 2.05) is 9.80 Å². The maximum absolute atomic E-state index is 12.6. The zero-order chi connectivity index (χ0) is 17.6. The number of nitrogens with two attached hydrogens (primary N) is 1. The lowest BCUT2D eigenvalue weighted by Crippen LogP contribution is -2.56. The molecular formula is C19H33N3O3. The van der Waals surface area contributed by atoms with Gasteiger partial charge in [0, 0.05) is 45.8 Å². The summed E-state index contributed by atoms with van der Waals surface area (Å²) in [5.41, 5.74) is 6.21. The van der Waals surface area contributed by atoms with E-state index in [-0.39, 0.29) is 17.7 Å².